The standard InChI is InChI=1S/C20H21BrClN3O2S/c1-4-25-17(15(21)9-23-25)10-24(3)20(26)19-8-14(12-28-19)11-27-18-7-13(2)5-6-16(18)22/h5-9,12H,4,10-11H2,1-3H3. The molecule has 5 nitrogen and oxygen atoms in total. The van der Waals surface area contributed by atoms with Gasteiger partial charge in [-0.15, -0.1) is 11.3 Å². The average Bonchev–Trinajstić information content (AvgIpc) is 3.29. The van der Waals surface area contributed by atoms with Crippen LogP contribution < -0.4 is 4.74 Å². The fraction of sp³-hybridized carbons (Fsp3) is 0.300. The van der Waals surface area contributed by atoms with Gasteiger partial charge in [0.2, 0.25) is 0 Å². The fourth-order valence-electron chi connectivity index (χ4n) is 2.75. The Balaban J connectivity index is 1.64. The highest BCUT2D eigenvalue weighted by atomic mass is 79.9. The second-order valence-corrected chi connectivity index (χ2v) is 8.63. The molecule has 0 aliphatic carbocycles. The molecule has 0 aliphatic heterocycles. The minimum absolute atomic E-state index is 0.0272. The zero-order chi connectivity index (χ0) is 20.3. The number of ether oxygens (including phenoxy) is 1. The summed E-state index contributed by atoms with van der Waals surface area (Å²) in [5.74, 6) is 0.621. The Bertz CT molecular complexity index is 986. The van der Waals surface area contributed by atoms with Gasteiger partial charge in [0.25, 0.3) is 5.91 Å². The van der Waals surface area contributed by atoms with Gasteiger partial charge in [0.1, 0.15) is 12.4 Å². The van der Waals surface area contributed by atoms with Crippen LogP contribution in [0.25, 0.3) is 0 Å². The van der Waals surface area contributed by atoms with Crippen molar-refractivity contribution >= 4 is 44.8 Å². The molecule has 0 fully saturated rings. The molecule has 0 saturated carbocycles. The lowest BCUT2D eigenvalue weighted by molar-refractivity contribution is 0.0786. The van der Waals surface area contributed by atoms with E-state index in [1.54, 1.807) is 18.1 Å². The number of aryl methyl sites for hydroxylation is 2. The molecule has 28 heavy (non-hydrogen) atoms. The number of hydrogen-bond donors (Lipinski definition) is 0. The highest BCUT2D eigenvalue weighted by Crippen LogP contribution is 2.27. The number of aromatic nitrogens is 2. The number of amides is 1. The first-order chi connectivity index (χ1) is 13.4. The molecule has 0 radical (unpaired) electrons. The first-order valence-electron chi connectivity index (χ1n) is 8.81. The van der Waals surface area contributed by atoms with Gasteiger partial charge in [-0.2, -0.15) is 5.10 Å². The van der Waals surface area contributed by atoms with Gasteiger partial charge in [0.15, 0.2) is 0 Å². The predicted molar refractivity (Wildman–Crippen MR) is 116 cm³/mol. The first-order valence-corrected chi connectivity index (χ1v) is 10.9. The van der Waals surface area contributed by atoms with Crippen molar-refractivity contribution in [2.75, 3.05) is 7.05 Å². The lowest BCUT2D eigenvalue weighted by Crippen LogP contribution is -2.27. The summed E-state index contributed by atoms with van der Waals surface area (Å²) in [7, 11) is 1.80. The maximum atomic E-state index is 12.8. The van der Waals surface area contributed by atoms with Gasteiger partial charge in [0.05, 0.1) is 32.8 Å². The van der Waals surface area contributed by atoms with Crippen LogP contribution in [-0.4, -0.2) is 27.6 Å². The maximum Gasteiger partial charge on any atom is 0.264 e. The van der Waals surface area contributed by atoms with Crippen LogP contribution in [0.15, 0.2) is 40.3 Å². The first kappa shape index (κ1) is 20.9. The van der Waals surface area contributed by atoms with Crippen molar-refractivity contribution < 1.29 is 9.53 Å². The van der Waals surface area contributed by atoms with Crippen molar-refractivity contribution in [3.63, 3.8) is 0 Å². The zero-order valence-electron chi connectivity index (χ0n) is 15.9. The number of carbonyl (C=O) groups is 1. The zero-order valence-corrected chi connectivity index (χ0v) is 19.1. The molecule has 0 atom stereocenters. The van der Waals surface area contributed by atoms with E-state index in [4.69, 9.17) is 16.3 Å². The highest BCUT2D eigenvalue weighted by molar-refractivity contribution is 9.10. The van der Waals surface area contributed by atoms with Crippen LogP contribution in [0.3, 0.4) is 0 Å². The lowest BCUT2D eigenvalue weighted by atomic mass is 10.2. The lowest BCUT2D eigenvalue weighted by Gasteiger charge is -2.17. The Morgan fingerprint density at radius 1 is 1.39 bits per heavy atom. The summed E-state index contributed by atoms with van der Waals surface area (Å²) >= 11 is 11.1. The molecule has 2 heterocycles. The van der Waals surface area contributed by atoms with Crippen LogP contribution in [0.4, 0.5) is 0 Å². The predicted octanol–water partition coefficient (Wildman–Crippen LogP) is 5.54. The molecule has 0 N–H and O–H groups in total. The number of nitrogens with zero attached hydrogens (tertiary/aromatic N) is 3. The van der Waals surface area contributed by atoms with Gasteiger partial charge < -0.3 is 9.64 Å². The van der Waals surface area contributed by atoms with Crippen molar-refractivity contribution in [2.45, 2.75) is 33.5 Å². The molecule has 0 spiro atoms. The maximum absolute atomic E-state index is 12.8. The average molecular weight is 483 g/mol. The van der Waals surface area contributed by atoms with Crippen LogP contribution in [0, 0.1) is 6.92 Å². The van der Waals surface area contributed by atoms with E-state index >= 15 is 0 Å². The van der Waals surface area contributed by atoms with Gasteiger partial charge in [-0.1, -0.05) is 17.7 Å². The van der Waals surface area contributed by atoms with Crippen molar-refractivity contribution in [1.82, 2.24) is 14.7 Å². The molecule has 0 unspecified atom stereocenters. The molecular formula is C20H21BrClN3O2S. The summed E-state index contributed by atoms with van der Waals surface area (Å²) in [5.41, 5.74) is 3.01. The number of halogens is 2. The molecule has 3 aromatic rings. The molecule has 0 aliphatic rings. The summed E-state index contributed by atoms with van der Waals surface area (Å²) in [6.07, 6.45) is 1.76. The third-order valence-corrected chi connectivity index (χ3v) is 6.22. The molecule has 8 heteroatoms. The molecule has 1 aromatic carbocycles. The Kier molecular flexibility index (Phi) is 6.80. The van der Waals surface area contributed by atoms with E-state index in [0.29, 0.717) is 28.8 Å². The SMILES string of the molecule is CCn1ncc(Br)c1CN(C)C(=O)c1cc(COc2cc(C)ccc2Cl)cs1. The Labute approximate surface area is 182 Å². The largest absolute Gasteiger partial charge is 0.487 e. The normalized spacial score (nSPS) is 10.9. The van der Waals surface area contributed by atoms with E-state index in [1.807, 2.05) is 48.2 Å². The molecule has 0 saturated heterocycles. The third-order valence-electron chi connectivity index (χ3n) is 4.28. The van der Waals surface area contributed by atoms with E-state index in [0.717, 1.165) is 27.8 Å². The van der Waals surface area contributed by atoms with E-state index in [9.17, 15) is 4.79 Å². The van der Waals surface area contributed by atoms with Gasteiger partial charge in [-0.25, -0.2) is 0 Å². The highest BCUT2D eigenvalue weighted by Gasteiger charge is 2.18. The summed E-state index contributed by atoms with van der Waals surface area (Å²) in [4.78, 5) is 15.2. The van der Waals surface area contributed by atoms with E-state index in [1.165, 1.54) is 11.3 Å². The van der Waals surface area contributed by atoms with E-state index in [-0.39, 0.29) is 5.91 Å². The van der Waals surface area contributed by atoms with Crippen molar-refractivity contribution in [3.05, 3.63) is 67.0 Å². The van der Waals surface area contributed by atoms with Crippen LogP contribution in [0.2, 0.25) is 5.02 Å². The molecule has 3 rings (SSSR count). The number of hydrogen-bond acceptors (Lipinski definition) is 4. The summed E-state index contributed by atoms with van der Waals surface area (Å²) in [6.45, 7) is 5.62. The number of benzene rings is 1. The molecular weight excluding hydrogens is 462 g/mol. The number of thiophene rings is 1. The van der Waals surface area contributed by atoms with Gasteiger partial charge >= 0.3 is 0 Å². The van der Waals surface area contributed by atoms with Crippen molar-refractivity contribution in [1.29, 1.82) is 0 Å². The fourth-order valence-corrected chi connectivity index (χ4v) is 4.23. The van der Waals surface area contributed by atoms with Gasteiger partial charge in [-0.05, 0) is 58.9 Å². The molecule has 1 amide bonds. The Hall–Kier alpha value is -1.83. The van der Waals surface area contributed by atoms with Crippen LogP contribution >= 0.6 is 38.9 Å². The van der Waals surface area contributed by atoms with Crippen LogP contribution in [0.5, 0.6) is 5.75 Å². The molecule has 148 valence electrons. The molecule has 2 aromatic heterocycles. The Morgan fingerprint density at radius 2 is 2.18 bits per heavy atom. The van der Waals surface area contributed by atoms with Crippen molar-refractivity contribution in [3.8, 4) is 5.75 Å². The van der Waals surface area contributed by atoms with Crippen LogP contribution in [0.1, 0.15) is 33.4 Å². The summed E-state index contributed by atoms with van der Waals surface area (Å²) in [6, 6.07) is 7.54. The number of carbonyl (C=O) groups excluding carboxylic acids is 1. The van der Waals surface area contributed by atoms with Crippen molar-refractivity contribution in [2.24, 2.45) is 0 Å². The third kappa shape index (κ3) is 4.77. The smallest absolute Gasteiger partial charge is 0.264 e. The van der Waals surface area contributed by atoms with E-state index < -0.39 is 0 Å². The van der Waals surface area contributed by atoms with Gasteiger partial charge in [-0.3, -0.25) is 9.48 Å². The second-order valence-electron chi connectivity index (χ2n) is 6.46. The minimum Gasteiger partial charge on any atom is -0.487 e. The summed E-state index contributed by atoms with van der Waals surface area (Å²) < 4.78 is 8.61. The second kappa shape index (κ2) is 9.11. The minimum atomic E-state index is -0.0272. The number of rotatable bonds is 7. The monoisotopic (exact) mass is 481 g/mol. The van der Waals surface area contributed by atoms with Gasteiger partial charge in [0, 0.05) is 19.2 Å². The summed E-state index contributed by atoms with van der Waals surface area (Å²) in [5, 5.41) is 6.82. The van der Waals surface area contributed by atoms with E-state index in [2.05, 4.69) is 21.0 Å². The topological polar surface area (TPSA) is 47.4 Å². The quantitative estimate of drug-likeness (QED) is 0.444. The Morgan fingerprint density at radius 3 is 2.93 bits per heavy atom. The van der Waals surface area contributed by atoms with Crippen LogP contribution in [-0.2, 0) is 19.7 Å². The molecule has 0 bridgehead atoms.